The molecule has 0 aromatic heterocycles. The lowest BCUT2D eigenvalue weighted by Gasteiger charge is -2.37. The summed E-state index contributed by atoms with van der Waals surface area (Å²) in [5, 5.41) is 0. The van der Waals surface area contributed by atoms with Crippen molar-refractivity contribution in [3.05, 3.63) is 0 Å². The minimum Gasteiger partial charge on any atom is -0.378 e. The maximum absolute atomic E-state index is 5.89. The standard InChI is InChI=1S/C16H32N2O/c1-14-4-2-5-15(7-6-14)18-11-8-16(9-12-18)19-13-3-10-17/h14-16H,2-13,17H2,1H3. The van der Waals surface area contributed by atoms with Gasteiger partial charge in [-0.1, -0.05) is 19.8 Å². The number of hydrogen-bond acceptors (Lipinski definition) is 3. The van der Waals surface area contributed by atoms with Crippen LogP contribution < -0.4 is 5.73 Å². The molecule has 1 aliphatic carbocycles. The van der Waals surface area contributed by atoms with Crippen molar-refractivity contribution in [2.24, 2.45) is 11.7 Å². The van der Waals surface area contributed by atoms with E-state index in [9.17, 15) is 0 Å². The number of hydrogen-bond donors (Lipinski definition) is 1. The molecule has 0 aromatic rings. The van der Waals surface area contributed by atoms with Gasteiger partial charge < -0.3 is 15.4 Å². The highest BCUT2D eigenvalue weighted by molar-refractivity contribution is 4.81. The van der Waals surface area contributed by atoms with Crippen molar-refractivity contribution < 1.29 is 4.74 Å². The van der Waals surface area contributed by atoms with Crippen molar-refractivity contribution in [2.45, 2.75) is 70.4 Å². The third-order valence-corrected chi connectivity index (χ3v) is 4.92. The Balaban J connectivity index is 1.67. The van der Waals surface area contributed by atoms with E-state index in [2.05, 4.69) is 11.8 Å². The number of nitrogens with two attached hydrogens (primary N) is 1. The van der Waals surface area contributed by atoms with Gasteiger partial charge in [0, 0.05) is 25.7 Å². The summed E-state index contributed by atoms with van der Waals surface area (Å²) in [5.41, 5.74) is 5.50. The first-order chi connectivity index (χ1) is 9.29. The van der Waals surface area contributed by atoms with Crippen molar-refractivity contribution in [3.8, 4) is 0 Å². The summed E-state index contributed by atoms with van der Waals surface area (Å²) < 4.78 is 5.89. The molecule has 112 valence electrons. The van der Waals surface area contributed by atoms with Crippen LogP contribution in [-0.4, -0.2) is 43.3 Å². The minimum absolute atomic E-state index is 0.493. The quantitative estimate of drug-likeness (QED) is 0.615. The zero-order chi connectivity index (χ0) is 13.5. The molecule has 19 heavy (non-hydrogen) atoms. The molecule has 0 bridgehead atoms. The van der Waals surface area contributed by atoms with Crippen LogP contribution >= 0.6 is 0 Å². The minimum atomic E-state index is 0.493. The van der Waals surface area contributed by atoms with Gasteiger partial charge in [0.2, 0.25) is 0 Å². The van der Waals surface area contributed by atoms with Crippen molar-refractivity contribution in [1.29, 1.82) is 0 Å². The Bertz CT molecular complexity index is 239. The molecule has 2 aliphatic rings. The van der Waals surface area contributed by atoms with E-state index in [0.29, 0.717) is 6.10 Å². The average molecular weight is 268 g/mol. The summed E-state index contributed by atoms with van der Waals surface area (Å²) in [6, 6.07) is 0.856. The van der Waals surface area contributed by atoms with Crippen LogP contribution in [0.3, 0.4) is 0 Å². The molecule has 0 radical (unpaired) electrons. The maximum Gasteiger partial charge on any atom is 0.0599 e. The van der Waals surface area contributed by atoms with E-state index in [-0.39, 0.29) is 0 Å². The number of nitrogens with zero attached hydrogens (tertiary/aromatic N) is 1. The molecule has 2 atom stereocenters. The van der Waals surface area contributed by atoms with Crippen LogP contribution in [0, 0.1) is 5.92 Å². The normalized spacial score (nSPS) is 31.3. The monoisotopic (exact) mass is 268 g/mol. The van der Waals surface area contributed by atoms with Gasteiger partial charge in [0.25, 0.3) is 0 Å². The highest BCUT2D eigenvalue weighted by Crippen LogP contribution is 2.28. The second-order valence-electron chi connectivity index (χ2n) is 6.52. The third kappa shape index (κ3) is 5.05. The summed E-state index contributed by atoms with van der Waals surface area (Å²) in [4.78, 5) is 2.74. The fourth-order valence-electron chi connectivity index (χ4n) is 3.57. The predicted octanol–water partition coefficient (Wildman–Crippen LogP) is 2.79. The van der Waals surface area contributed by atoms with Crippen molar-refractivity contribution in [2.75, 3.05) is 26.2 Å². The lowest BCUT2D eigenvalue weighted by Crippen LogP contribution is -2.43. The van der Waals surface area contributed by atoms with Gasteiger partial charge in [-0.15, -0.1) is 0 Å². The van der Waals surface area contributed by atoms with E-state index in [0.717, 1.165) is 31.5 Å². The Morgan fingerprint density at radius 1 is 1.05 bits per heavy atom. The molecule has 1 saturated carbocycles. The number of rotatable bonds is 5. The second-order valence-corrected chi connectivity index (χ2v) is 6.52. The Morgan fingerprint density at radius 3 is 2.58 bits per heavy atom. The SMILES string of the molecule is CC1CCCC(N2CCC(OCCCN)CC2)CC1. The van der Waals surface area contributed by atoms with Gasteiger partial charge in [0.1, 0.15) is 0 Å². The summed E-state index contributed by atoms with van der Waals surface area (Å²) in [6.07, 6.45) is 11.1. The summed E-state index contributed by atoms with van der Waals surface area (Å²) in [5.74, 6) is 0.946. The fraction of sp³-hybridized carbons (Fsp3) is 1.00. The first-order valence-corrected chi connectivity index (χ1v) is 8.35. The van der Waals surface area contributed by atoms with Crippen LogP contribution in [0.2, 0.25) is 0 Å². The number of ether oxygens (including phenoxy) is 1. The molecule has 2 unspecified atom stereocenters. The molecule has 1 heterocycles. The van der Waals surface area contributed by atoms with E-state index >= 15 is 0 Å². The first-order valence-electron chi connectivity index (χ1n) is 8.35. The molecule has 0 amide bonds. The van der Waals surface area contributed by atoms with Gasteiger partial charge >= 0.3 is 0 Å². The number of likely N-dealkylation sites (tertiary alicyclic amines) is 1. The van der Waals surface area contributed by atoms with Gasteiger partial charge in [0.15, 0.2) is 0 Å². The van der Waals surface area contributed by atoms with Gasteiger partial charge in [-0.2, -0.15) is 0 Å². The average Bonchev–Trinajstić information content (AvgIpc) is 2.65. The second kappa shape index (κ2) is 8.23. The first kappa shape index (κ1) is 15.3. The Hall–Kier alpha value is -0.120. The van der Waals surface area contributed by atoms with Crippen LogP contribution in [0.25, 0.3) is 0 Å². The highest BCUT2D eigenvalue weighted by atomic mass is 16.5. The molecule has 1 aliphatic heterocycles. The Labute approximate surface area is 118 Å². The smallest absolute Gasteiger partial charge is 0.0599 e. The van der Waals surface area contributed by atoms with E-state index in [4.69, 9.17) is 10.5 Å². The molecule has 2 rings (SSSR count). The van der Waals surface area contributed by atoms with E-state index in [1.165, 1.54) is 58.0 Å². The summed E-state index contributed by atoms with van der Waals surface area (Å²) >= 11 is 0. The zero-order valence-electron chi connectivity index (χ0n) is 12.7. The van der Waals surface area contributed by atoms with Crippen molar-refractivity contribution in [3.63, 3.8) is 0 Å². The molecular weight excluding hydrogens is 236 g/mol. The molecule has 1 saturated heterocycles. The van der Waals surface area contributed by atoms with E-state index in [1.54, 1.807) is 0 Å². The van der Waals surface area contributed by atoms with Gasteiger partial charge in [-0.25, -0.2) is 0 Å². The van der Waals surface area contributed by atoms with Crippen molar-refractivity contribution >= 4 is 0 Å². The lowest BCUT2D eigenvalue weighted by molar-refractivity contribution is -0.00381. The maximum atomic E-state index is 5.89. The third-order valence-electron chi connectivity index (χ3n) is 4.92. The summed E-state index contributed by atoms with van der Waals surface area (Å²) in [7, 11) is 0. The predicted molar refractivity (Wildman–Crippen MR) is 80.3 cm³/mol. The number of piperidine rings is 1. The van der Waals surface area contributed by atoms with Gasteiger partial charge in [-0.3, -0.25) is 0 Å². The highest BCUT2D eigenvalue weighted by Gasteiger charge is 2.26. The van der Waals surface area contributed by atoms with Crippen LogP contribution in [0.15, 0.2) is 0 Å². The molecule has 0 spiro atoms. The fourth-order valence-corrected chi connectivity index (χ4v) is 3.57. The molecule has 2 fully saturated rings. The summed E-state index contributed by atoms with van der Waals surface area (Å²) in [6.45, 7) is 6.50. The largest absolute Gasteiger partial charge is 0.378 e. The topological polar surface area (TPSA) is 38.5 Å². The molecule has 0 aromatic carbocycles. The van der Waals surface area contributed by atoms with E-state index in [1.807, 2.05) is 0 Å². The Morgan fingerprint density at radius 2 is 1.84 bits per heavy atom. The lowest BCUT2D eigenvalue weighted by atomic mass is 10.0. The van der Waals surface area contributed by atoms with Gasteiger partial charge in [0.05, 0.1) is 6.10 Å². The van der Waals surface area contributed by atoms with Crippen LogP contribution in [0.4, 0.5) is 0 Å². The Kier molecular flexibility index (Phi) is 6.62. The van der Waals surface area contributed by atoms with Crippen LogP contribution in [0.1, 0.15) is 58.3 Å². The molecule has 3 heteroatoms. The van der Waals surface area contributed by atoms with Crippen LogP contribution in [-0.2, 0) is 4.74 Å². The molecule has 2 N–H and O–H groups in total. The van der Waals surface area contributed by atoms with Crippen molar-refractivity contribution in [1.82, 2.24) is 4.90 Å². The molecular formula is C16H32N2O. The zero-order valence-corrected chi connectivity index (χ0v) is 12.7. The molecule has 3 nitrogen and oxygen atoms in total. The van der Waals surface area contributed by atoms with E-state index < -0.39 is 0 Å². The van der Waals surface area contributed by atoms with Gasteiger partial charge in [-0.05, 0) is 51.0 Å². The van der Waals surface area contributed by atoms with Crippen LogP contribution in [0.5, 0.6) is 0 Å².